The third kappa shape index (κ3) is 2.83. The summed E-state index contributed by atoms with van der Waals surface area (Å²) in [6, 6.07) is 2.20. The molecule has 2 rings (SSSR count). The lowest BCUT2D eigenvalue weighted by molar-refractivity contribution is 0.402. The summed E-state index contributed by atoms with van der Waals surface area (Å²) >= 11 is 5.88. The Balaban J connectivity index is 2.07. The van der Waals surface area contributed by atoms with Crippen LogP contribution in [0.15, 0.2) is 6.07 Å². The number of nitrogens with one attached hydrogen (secondary N) is 1. The molecule has 0 aliphatic heterocycles. The minimum Gasteiger partial charge on any atom is -0.350 e. The fraction of sp³-hybridized carbons (Fsp3) is 0.636. The lowest BCUT2D eigenvalue weighted by atomic mass is 9.91. The lowest BCUT2D eigenvalue weighted by Gasteiger charge is -2.29. The molecule has 16 heavy (non-hydrogen) atoms. The number of halogens is 1. The van der Waals surface area contributed by atoms with E-state index in [0.717, 1.165) is 18.5 Å². The maximum Gasteiger partial charge on any atom is 0.224 e. The summed E-state index contributed by atoms with van der Waals surface area (Å²) in [4.78, 5) is 8.45. The Morgan fingerprint density at radius 2 is 2.12 bits per heavy atom. The first-order valence-corrected chi connectivity index (χ1v) is 6.06. The Kier molecular flexibility index (Phi) is 3.61. The topological polar surface area (TPSA) is 63.8 Å². The molecule has 2 unspecified atom stereocenters. The molecule has 1 aromatic rings. The Labute approximate surface area is 101 Å². The summed E-state index contributed by atoms with van der Waals surface area (Å²) in [5.74, 6) is 0.590. The van der Waals surface area contributed by atoms with Crippen LogP contribution in [-0.4, -0.2) is 22.1 Å². The molecule has 0 aromatic carbocycles. The first-order valence-electron chi connectivity index (χ1n) is 5.68. The standard InChI is InChI=1S/C11H17ClN4/c1-7-6-10(12)16-11(14-7)15-9-5-3-2-4-8(9)13/h6,8-9H,2-5,13H2,1H3,(H,14,15,16). The van der Waals surface area contributed by atoms with Crippen molar-refractivity contribution in [1.82, 2.24) is 9.97 Å². The second-order valence-electron chi connectivity index (χ2n) is 4.35. The van der Waals surface area contributed by atoms with Crippen LogP contribution in [0, 0.1) is 6.92 Å². The summed E-state index contributed by atoms with van der Waals surface area (Å²) in [5, 5.41) is 3.75. The summed E-state index contributed by atoms with van der Waals surface area (Å²) in [5.41, 5.74) is 6.92. The van der Waals surface area contributed by atoms with Crippen molar-refractivity contribution in [3.8, 4) is 0 Å². The number of aromatic nitrogens is 2. The lowest BCUT2D eigenvalue weighted by Crippen LogP contribution is -2.43. The number of rotatable bonds is 2. The SMILES string of the molecule is Cc1cc(Cl)nc(NC2CCCCC2N)n1. The van der Waals surface area contributed by atoms with Crippen LogP contribution in [0.25, 0.3) is 0 Å². The number of hydrogen-bond donors (Lipinski definition) is 2. The number of anilines is 1. The Morgan fingerprint density at radius 3 is 2.81 bits per heavy atom. The predicted molar refractivity (Wildman–Crippen MR) is 65.6 cm³/mol. The first-order chi connectivity index (χ1) is 7.65. The van der Waals surface area contributed by atoms with Gasteiger partial charge in [-0.2, -0.15) is 0 Å². The second kappa shape index (κ2) is 4.97. The average Bonchev–Trinajstić information content (AvgIpc) is 2.20. The third-order valence-corrected chi connectivity index (χ3v) is 3.15. The van der Waals surface area contributed by atoms with E-state index in [2.05, 4.69) is 15.3 Å². The Hall–Kier alpha value is -0.870. The van der Waals surface area contributed by atoms with Crippen LogP contribution >= 0.6 is 11.6 Å². The van der Waals surface area contributed by atoms with E-state index >= 15 is 0 Å². The Bertz CT molecular complexity index is 349. The van der Waals surface area contributed by atoms with Crippen molar-refractivity contribution in [2.45, 2.75) is 44.7 Å². The molecule has 2 atom stereocenters. The zero-order valence-electron chi connectivity index (χ0n) is 9.41. The van der Waals surface area contributed by atoms with Gasteiger partial charge in [0.25, 0.3) is 0 Å². The maximum atomic E-state index is 6.05. The number of aryl methyl sites for hydroxylation is 1. The van der Waals surface area contributed by atoms with Crippen LogP contribution in [0.3, 0.4) is 0 Å². The van der Waals surface area contributed by atoms with Gasteiger partial charge < -0.3 is 11.1 Å². The highest BCUT2D eigenvalue weighted by molar-refractivity contribution is 6.29. The maximum absolute atomic E-state index is 6.05. The van der Waals surface area contributed by atoms with Gasteiger partial charge in [-0.1, -0.05) is 24.4 Å². The molecular weight excluding hydrogens is 224 g/mol. The highest BCUT2D eigenvalue weighted by Crippen LogP contribution is 2.20. The quantitative estimate of drug-likeness (QED) is 0.778. The summed E-state index contributed by atoms with van der Waals surface area (Å²) < 4.78 is 0. The van der Waals surface area contributed by atoms with E-state index in [9.17, 15) is 0 Å². The highest BCUT2D eigenvalue weighted by atomic mass is 35.5. The van der Waals surface area contributed by atoms with Crippen LogP contribution in [0.2, 0.25) is 5.15 Å². The molecule has 0 amide bonds. The smallest absolute Gasteiger partial charge is 0.224 e. The molecule has 0 bridgehead atoms. The third-order valence-electron chi connectivity index (χ3n) is 2.96. The van der Waals surface area contributed by atoms with Crippen LogP contribution in [-0.2, 0) is 0 Å². The van der Waals surface area contributed by atoms with E-state index in [-0.39, 0.29) is 12.1 Å². The molecule has 88 valence electrons. The minimum absolute atomic E-state index is 0.191. The predicted octanol–water partition coefficient (Wildman–Crippen LogP) is 2.12. The van der Waals surface area contributed by atoms with Crippen molar-refractivity contribution in [3.63, 3.8) is 0 Å². The molecule has 1 aromatic heterocycles. The number of hydrogen-bond acceptors (Lipinski definition) is 4. The molecule has 0 spiro atoms. The van der Waals surface area contributed by atoms with Gasteiger partial charge in [0.2, 0.25) is 5.95 Å². The van der Waals surface area contributed by atoms with Gasteiger partial charge in [-0.05, 0) is 25.8 Å². The molecule has 1 aliphatic carbocycles. The van der Waals surface area contributed by atoms with Crippen molar-refractivity contribution in [2.75, 3.05) is 5.32 Å². The van der Waals surface area contributed by atoms with Gasteiger partial charge in [-0.15, -0.1) is 0 Å². The largest absolute Gasteiger partial charge is 0.350 e. The van der Waals surface area contributed by atoms with E-state index < -0.39 is 0 Å². The molecule has 1 aliphatic rings. The zero-order valence-corrected chi connectivity index (χ0v) is 10.2. The molecule has 5 heteroatoms. The monoisotopic (exact) mass is 240 g/mol. The van der Waals surface area contributed by atoms with E-state index in [1.165, 1.54) is 12.8 Å². The number of nitrogens with two attached hydrogens (primary N) is 1. The van der Waals surface area contributed by atoms with Crippen LogP contribution < -0.4 is 11.1 Å². The van der Waals surface area contributed by atoms with Crippen LogP contribution in [0.1, 0.15) is 31.4 Å². The van der Waals surface area contributed by atoms with Crippen molar-refractivity contribution in [2.24, 2.45) is 5.73 Å². The van der Waals surface area contributed by atoms with Gasteiger partial charge in [-0.3, -0.25) is 0 Å². The van der Waals surface area contributed by atoms with Crippen molar-refractivity contribution in [1.29, 1.82) is 0 Å². The average molecular weight is 241 g/mol. The molecule has 3 N–H and O–H groups in total. The Morgan fingerprint density at radius 1 is 1.38 bits per heavy atom. The summed E-state index contributed by atoms with van der Waals surface area (Å²) in [6.07, 6.45) is 4.58. The number of nitrogens with zero attached hydrogens (tertiary/aromatic N) is 2. The van der Waals surface area contributed by atoms with E-state index in [4.69, 9.17) is 17.3 Å². The molecule has 4 nitrogen and oxygen atoms in total. The fourth-order valence-electron chi connectivity index (χ4n) is 2.10. The van der Waals surface area contributed by atoms with Crippen LogP contribution in [0.4, 0.5) is 5.95 Å². The first kappa shape index (κ1) is 11.6. The van der Waals surface area contributed by atoms with Gasteiger partial charge in [0.05, 0.1) is 0 Å². The van der Waals surface area contributed by atoms with Gasteiger partial charge in [0.1, 0.15) is 5.15 Å². The van der Waals surface area contributed by atoms with Gasteiger partial charge in [0, 0.05) is 17.8 Å². The zero-order chi connectivity index (χ0) is 11.5. The molecule has 0 saturated heterocycles. The van der Waals surface area contributed by atoms with Crippen molar-refractivity contribution < 1.29 is 0 Å². The van der Waals surface area contributed by atoms with Gasteiger partial charge in [0.15, 0.2) is 0 Å². The van der Waals surface area contributed by atoms with Gasteiger partial charge >= 0.3 is 0 Å². The molecule has 1 fully saturated rings. The van der Waals surface area contributed by atoms with E-state index in [0.29, 0.717) is 11.1 Å². The van der Waals surface area contributed by atoms with E-state index in [1.54, 1.807) is 6.07 Å². The highest BCUT2D eigenvalue weighted by Gasteiger charge is 2.22. The summed E-state index contributed by atoms with van der Waals surface area (Å²) in [6.45, 7) is 1.90. The fourth-order valence-corrected chi connectivity index (χ4v) is 2.34. The summed E-state index contributed by atoms with van der Waals surface area (Å²) in [7, 11) is 0. The minimum atomic E-state index is 0.191. The molecule has 1 heterocycles. The van der Waals surface area contributed by atoms with E-state index in [1.807, 2.05) is 6.92 Å². The second-order valence-corrected chi connectivity index (χ2v) is 4.74. The van der Waals surface area contributed by atoms with Crippen molar-refractivity contribution >= 4 is 17.5 Å². The van der Waals surface area contributed by atoms with Crippen molar-refractivity contribution in [3.05, 3.63) is 16.9 Å². The normalized spacial score (nSPS) is 25.4. The molecule has 0 radical (unpaired) electrons. The van der Waals surface area contributed by atoms with Crippen LogP contribution in [0.5, 0.6) is 0 Å². The van der Waals surface area contributed by atoms with Gasteiger partial charge in [-0.25, -0.2) is 9.97 Å². The molecule has 1 saturated carbocycles. The molecular formula is C11H17ClN4.